The van der Waals surface area contributed by atoms with Gasteiger partial charge in [0.1, 0.15) is 5.75 Å². The highest BCUT2D eigenvalue weighted by Gasteiger charge is 2.18. The van der Waals surface area contributed by atoms with Gasteiger partial charge in [0.05, 0.1) is 6.61 Å². The number of ether oxygens (including phenoxy) is 1. The molecule has 0 atom stereocenters. The number of hydrogen-bond acceptors (Lipinski definition) is 3. The fourth-order valence-corrected chi connectivity index (χ4v) is 3.24. The van der Waals surface area contributed by atoms with Gasteiger partial charge in [-0.3, -0.25) is 4.79 Å². The number of hydrogen-bond donors (Lipinski definition) is 1. The molecule has 4 nitrogen and oxygen atoms in total. The number of rotatable bonds is 9. The van der Waals surface area contributed by atoms with Crippen molar-refractivity contribution >= 4 is 5.97 Å². The topological polar surface area (TPSA) is 49.8 Å². The number of piperidine rings is 1. The van der Waals surface area contributed by atoms with Crippen LogP contribution < -0.4 is 4.74 Å². The standard InChI is InChI=1S/C19H29NO3/c1-2-23-18-9-7-16(8-10-18)5-6-17-11-14-20(15-12-17)13-3-4-19(21)22/h7-10,17H,2-6,11-15H2,1H3,(H,21,22). The maximum absolute atomic E-state index is 10.5. The van der Waals surface area contributed by atoms with Gasteiger partial charge in [0.2, 0.25) is 0 Å². The number of aryl methyl sites for hydroxylation is 1. The van der Waals surface area contributed by atoms with Crippen molar-refractivity contribution in [3.05, 3.63) is 29.8 Å². The number of carbonyl (C=O) groups is 1. The fraction of sp³-hybridized carbons (Fsp3) is 0.632. The van der Waals surface area contributed by atoms with E-state index in [1.54, 1.807) is 0 Å². The van der Waals surface area contributed by atoms with Crippen molar-refractivity contribution < 1.29 is 14.6 Å². The van der Waals surface area contributed by atoms with Crippen LogP contribution in [0.4, 0.5) is 0 Å². The highest BCUT2D eigenvalue weighted by molar-refractivity contribution is 5.66. The number of benzene rings is 1. The molecule has 0 amide bonds. The van der Waals surface area contributed by atoms with Crippen molar-refractivity contribution in [2.24, 2.45) is 5.92 Å². The van der Waals surface area contributed by atoms with Crippen LogP contribution in [-0.2, 0) is 11.2 Å². The lowest BCUT2D eigenvalue weighted by Gasteiger charge is -2.31. The highest BCUT2D eigenvalue weighted by Crippen LogP contribution is 2.23. The van der Waals surface area contributed by atoms with E-state index in [4.69, 9.17) is 9.84 Å². The summed E-state index contributed by atoms with van der Waals surface area (Å²) in [4.78, 5) is 13.0. The van der Waals surface area contributed by atoms with E-state index in [1.165, 1.54) is 24.8 Å². The molecular weight excluding hydrogens is 290 g/mol. The van der Waals surface area contributed by atoms with Crippen LogP contribution in [0, 0.1) is 5.92 Å². The Labute approximate surface area is 139 Å². The van der Waals surface area contributed by atoms with E-state index in [0.29, 0.717) is 6.61 Å². The summed E-state index contributed by atoms with van der Waals surface area (Å²) in [6.07, 6.45) is 5.92. The molecule has 1 N–H and O–H groups in total. The molecular formula is C19H29NO3. The maximum atomic E-state index is 10.5. The Morgan fingerprint density at radius 2 is 1.96 bits per heavy atom. The molecule has 23 heavy (non-hydrogen) atoms. The maximum Gasteiger partial charge on any atom is 0.303 e. The van der Waals surface area contributed by atoms with Gasteiger partial charge in [0, 0.05) is 6.42 Å². The quantitative estimate of drug-likeness (QED) is 0.755. The third kappa shape index (κ3) is 6.61. The third-order valence-corrected chi connectivity index (χ3v) is 4.65. The zero-order valence-electron chi connectivity index (χ0n) is 14.2. The number of likely N-dealkylation sites (tertiary alicyclic amines) is 1. The summed E-state index contributed by atoms with van der Waals surface area (Å²) in [6.45, 7) is 5.88. The van der Waals surface area contributed by atoms with Gasteiger partial charge < -0.3 is 14.7 Å². The van der Waals surface area contributed by atoms with Crippen LogP contribution in [0.15, 0.2) is 24.3 Å². The van der Waals surface area contributed by atoms with Crippen LogP contribution in [0.25, 0.3) is 0 Å². The van der Waals surface area contributed by atoms with Crippen molar-refractivity contribution in [1.29, 1.82) is 0 Å². The van der Waals surface area contributed by atoms with E-state index in [9.17, 15) is 4.79 Å². The lowest BCUT2D eigenvalue weighted by atomic mass is 9.90. The molecule has 4 heteroatoms. The third-order valence-electron chi connectivity index (χ3n) is 4.65. The second kappa shape index (κ2) is 9.56. The SMILES string of the molecule is CCOc1ccc(CCC2CCN(CCCC(=O)O)CC2)cc1. The van der Waals surface area contributed by atoms with Gasteiger partial charge >= 0.3 is 5.97 Å². The largest absolute Gasteiger partial charge is 0.494 e. The van der Waals surface area contributed by atoms with Crippen molar-refractivity contribution in [1.82, 2.24) is 4.90 Å². The number of carboxylic acid groups (broad SMARTS) is 1. The van der Waals surface area contributed by atoms with Gasteiger partial charge in [-0.2, -0.15) is 0 Å². The van der Waals surface area contributed by atoms with Crippen molar-refractivity contribution in [2.75, 3.05) is 26.2 Å². The van der Waals surface area contributed by atoms with Crippen LogP contribution in [-0.4, -0.2) is 42.2 Å². The zero-order valence-corrected chi connectivity index (χ0v) is 14.2. The van der Waals surface area contributed by atoms with Crippen LogP contribution in [0.2, 0.25) is 0 Å². The molecule has 0 aliphatic carbocycles. The minimum atomic E-state index is -0.685. The molecule has 0 unspecified atom stereocenters. The van der Waals surface area contributed by atoms with E-state index in [1.807, 2.05) is 6.92 Å². The van der Waals surface area contributed by atoms with Gasteiger partial charge in [0.25, 0.3) is 0 Å². The van der Waals surface area contributed by atoms with Gasteiger partial charge in [0.15, 0.2) is 0 Å². The first-order valence-electron chi connectivity index (χ1n) is 8.83. The monoisotopic (exact) mass is 319 g/mol. The molecule has 0 bridgehead atoms. The van der Waals surface area contributed by atoms with Crippen LogP contribution >= 0.6 is 0 Å². The summed E-state index contributed by atoms with van der Waals surface area (Å²) < 4.78 is 5.47. The molecule has 1 saturated heterocycles. The Morgan fingerprint density at radius 3 is 2.57 bits per heavy atom. The lowest BCUT2D eigenvalue weighted by Crippen LogP contribution is -2.34. The Hall–Kier alpha value is -1.55. The second-order valence-corrected chi connectivity index (χ2v) is 6.40. The molecule has 0 aromatic heterocycles. The van der Waals surface area contributed by atoms with E-state index < -0.39 is 5.97 Å². The Bertz CT molecular complexity index is 464. The van der Waals surface area contributed by atoms with Crippen molar-refractivity contribution in [3.8, 4) is 5.75 Å². The van der Waals surface area contributed by atoms with Crippen LogP contribution in [0.1, 0.15) is 44.6 Å². The first-order valence-corrected chi connectivity index (χ1v) is 8.83. The minimum absolute atomic E-state index is 0.289. The van der Waals surface area contributed by atoms with Crippen molar-refractivity contribution in [3.63, 3.8) is 0 Å². The summed E-state index contributed by atoms with van der Waals surface area (Å²) in [7, 11) is 0. The first kappa shape index (κ1) is 17.8. The van der Waals surface area contributed by atoms with Crippen LogP contribution in [0.5, 0.6) is 5.75 Å². The van der Waals surface area contributed by atoms with Gasteiger partial charge in [-0.1, -0.05) is 12.1 Å². The molecule has 1 aromatic carbocycles. The number of aliphatic carboxylic acids is 1. The molecule has 1 fully saturated rings. The van der Waals surface area contributed by atoms with Gasteiger partial charge in [-0.15, -0.1) is 0 Å². The summed E-state index contributed by atoms with van der Waals surface area (Å²) in [6, 6.07) is 8.46. The normalized spacial score (nSPS) is 16.4. The molecule has 1 aliphatic rings. The Kier molecular flexibility index (Phi) is 7.40. The zero-order chi connectivity index (χ0) is 16.5. The number of carboxylic acids is 1. The summed E-state index contributed by atoms with van der Waals surface area (Å²) in [5.74, 6) is 1.07. The summed E-state index contributed by atoms with van der Waals surface area (Å²) >= 11 is 0. The minimum Gasteiger partial charge on any atom is -0.494 e. The fourth-order valence-electron chi connectivity index (χ4n) is 3.24. The predicted octanol–water partition coefficient (Wildman–Crippen LogP) is 3.59. The molecule has 128 valence electrons. The average molecular weight is 319 g/mol. The first-order chi connectivity index (χ1) is 11.2. The number of nitrogens with zero attached hydrogens (tertiary/aromatic N) is 1. The highest BCUT2D eigenvalue weighted by atomic mass is 16.5. The molecule has 0 radical (unpaired) electrons. The second-order valence-electron chi connectivity index (χ2n) is 6.40. The van der Waals surface area contributed by atoms with Gasteiger partial charge in [-0.25, -0.2) is 0 Å². The smallest absolute Gasteiger partial charge is 0.303 e. The van der Waals surface area contributed by atoms with E-state index in [-0.39, 0.29) is 6.42 Å². The molecule has 1 aromatic rings. The predicted molar refractivity (Wildman–Crippen MR) is 92.0 cm³/mol. The van der Waals surface area contributed by atoms with Crippen LogP contribution in [0.3, 0.4) is 0 Å². The molecule has 1 heterocycles. The summed E-state index contributed by atoms with van der Waals surface area (Å²) in [5, 5.41) is 8.68. The Morgan fingerprint density at radius 1 is 1.26 bits per heavy atom. The summed E-state index contributed by atoms with van der Waals surface area (Å²) in [5.41, 5.74) is 1.39. The van der Waals surface area contributed by atoms with E-state index in [0.717, 1.165) is 44.1 Å². The van der Waals surface area contributed by atoms with E-state index >= 15 is 0 Å². The van der Waals surface area contributed by atoms with Crippen molar-refractivity contribution in [2.45, 2.75) is 45.4 Å². The Balaban J connectivity index is 1.63. The lowest BCUT2D eigenvalue weighted by molar-refractivity contribution is -0.137. The molecule has 2 rings (SSSR count). The molecule has 0 spiro atoms. The molecule has 1 aliphatic heterocycles. The average Bonchev–Trinajstić information content (AvgIpc) is 2.55. The van der Waals surface area contributed by atoms with Gasteiger partial charge in [-0.05, 0) is 82.3 Å². The molecule has 0 saturated carbocycles. The van der Waals surface area contributed by atoms with E-state index in [2.05, 4.69) is 29.2 Å².